The molecule has 4 aliphatic heterocycles. The van der Waals surface area contributed by atoms with E-state index in [-0.39, 0.29) is 0 Å². The summed E-state index contributed by atoms with van der Waals surface area (Å²) in [5.41, 5.74) is -2.49. The van der Waals surface area contributed by atoms with Crippen molar-refractivity contribution in [2.24, 2.45) is 10.8 Å². The number of hydrogen-bond acceptors (Lipinski definition) is 10. The van der Waals surface area contributed by atoms with Crippen molar-refractivity contribution in [1.82, 2.24) is 20.4 Å². The van der Waals surface area contributed by atoms with Gasteiger partial charge in [-0.05, 0) is 80.3 Å². The van der Waals surface area contributed by atoms with E-state index in [2.05, 4.69) is 10.6 Å². The van der Waals surface area contributed by atoms with E-state index in [9.17, 15) is 19.2 Å². The molecule has 214 valence electrons. The summed E-state index contributed by atoms with van der Waals surface area (Å²) in [6.07, 6.45) is -0.566. The zero-order valence-corrected chi connectivity index (χ0v) is 23.4. The first-order valence-corrected chi connectivity index (χ1v) is 13.5. The second-order valence-corrected chi connectivity index (χ2v) is 12.9. The van der Waals surface area contributed by atoms with E-state index in [0.29, 0.717) is 65.0 Å². The van der Waals surface area contributed by atoms with Gasteiger partial charge in [0.15, 0.2) is 12.5 Å². The molecule has 0 aromatic heterocycles. The molecule has 0 aliphatic carbocycles. The molecule has 0 bridgehead atoms. The molecule has 0 aromatic rings. The lowest BCUT2D eigenvalue weighted by atomic mass is 9.84. The topological polar surface area (TPSA) is 136 Å². The van der Waals surface area contributed by atoms with Gasteiger partial charge in [0, 0.05) is 37.0 Å². The first-order chi connectivity index (χ1) is 17.6. The molecule has 4 heterocycles. The first kappa shape index (κ1) is 28.4. The van der Waals surface area contributed by atoms with Crippen LogP contribution in [0.1, 0.15) is 67.2 Å². The number of carbonyl (C=O) groups excluding carboxylic acids is 4. The summed E-state index contributed by atoms with van der Waals surface area (Å²) >= 11 is 0. The average molecular weight is 539 g/mol. The fourth-order valence-electron chi connectivity index (χ4n) is 5.89. The van der Waals surface area contributed by atoms with Crippen LogP contribution in [0.2, 0.25) is 0 Å². The number of amides is 2. The van der Waals surface area contributed by atoms with Crippen LogP contribution in [0.25, 0.3) is 0 Å². The van der Waals surface area contributed by atoms with Crippen molar-refractivity contribution in [2.75, 3.05) is 39.3 Å². The van der Waals surface area contributed by atoms with Crippen LogP contribution in [0.3, 0.4) is 0 Å². The van der Waals surface area contributed by atoms with E-state index in [1.807, 2.05) is 0 Å². The summed E-state index contributed by atoms with van der Waals surface area (Å²) in [4.78, 5) is 55.0. The van der Waals surface area contributed by atoms with Gasteiger partial charge >= 0.3 is 24.1 Å². The number of nitrogens with one attached hydrogen (secondary N) is 2. The Morgan fingerprint density at radius 3 is 1.32 bits per heavy atom. The van der Waals surface area contributed by atoms with Crippen LogP contribution in [-0.2, 0) is 28.5 Å². The summed E-state index contributed by atoms with van der Waals surface area (Å²) in [7, 11) is 0. The first-order valence-electron chi connectivity index (χ1n) is 13.5. The van der Waals surface area contributed by atoms with E-state index in [0.717, 1.165) is 0 Å². The molecule has 2 amide bonds. The highest BCUT2D eigenvalue weighted by molar-refractivity contribution is 6.29. The zero-order valence-electron chi connectivity index (χ0n) is 23.4. The molecule has 0 radical (unpaired) electrons. The largest absolute Gasteiger partial charge is 0.444 e. The van der Waals surface area contributed by atoms with Gasteiger partial charge in [0.25, 0.3) is 0 Å². The number of likely N-dealkylation sites (tertiary alicyclic amines) is 2. The standard InChI is InChI=1S/C26H42N4O8/c1-23(2,3)37-21(33)29-13-9-25(7-11-27-15-25)19(29)35-17(31)18(32)36-20-26(8-12-28-16-26)10-14-30(20)22(34)38-24(4,5)6/h19-20,27-28H,7-16H2,1-6H3. The molecule has 4 fully saturated rings. The molecule has 12 heteroatoms. The third-order valence-corrected chi connectivity index (χ3v) is 7.73. The molecule has 2 N–H and O–H groups in total. The fourth-order valence-corrected chi connectivity index (χ4v) is 5.89. The summed E-state index contributed by atoms with van der Waals surface area (Å²) in [6, 6.07) is 0. The summed E-state index contributed by atoms with van der Waals surface area (Å²) in [5, 5.41) is 6.54. The van der Waals surface area contributed by atoms with Crippen molar-refractivity contribution >= 4 is 24.1 Å². The van der Waals surface area contributed by atoms with Gasteiger partial charge in [-0.25, -0.2) is 19.2 Å². The molecule has 4 saturated heterocycles. The molecule has 2 spiro atoms. The van der Waals surface area contributed by atoms with E-state index < -0.39 is 58.6 Å². The van der Waals surface area contributed by atoms with Crippen molar-refractivity contribution in [3.63, 3.8) is 0 Å². The van der Waals surface area contributed by atoms with Crippen molar-refractivity contribution in [2.45, 2.75) is 90.9 Å². The summed E-state index contributed by atoms with van der Waals surface area (Å²) in [5.74, 6) is -2.40. The van der Waals surface area contributed by atoms with E-state index in [1.165, 1.54) is 9.80 Å². The van der Waals surface area contributed by atoms with Crippen molar-refractivity contribution in [3.05, 3.63) is 0 Å². The Kier molecular flexibility index (Phi) is 7.61. The van der Waals surface area contributed by atoms with Gasteiger partial charge in [-0.3, -0.25) is 9.80 Å². The van der Waals surface area contributed by atoms with Gasteiger partial charge in [0.2, 0.25) is 0 Å². The Morgan fingerprint density at radius 2 is 1.03 bits per heavy atom. The highest BCUT2D eigenvalue weighted by Gasteiger charge is 2.56. The number of hydrogen-bond donors (Lipinski definition) is 2. The Morgan fingerprint density at radius 1 is 0.658 bits per heavy atom. The number of rotatable bonds is 2. The minimum Gasteiger partial charge on any atom is -0.444 e. The van der Waals surface area contributed by atoms with Gasteiger partial charge in [-0.1, -0.05) is 0 Å². The SMILES string of the molecule is CC(C)(C)OC(=O)N1CCC2(CCNC2)C1OC(=O)C(=O)OC1N(C(=O)OC(C)(C)C)CCC12CCNC2. The predicted molar refractivity (Wildman–Crippen MR) is 135 cm³/mol. The van der Waals surface area contributed by atoms with Gasteiger partial charge in [-0.2, -0.15) is 0 Å². The van der Waals surface area contributed by atoms with Crippen molar-refractivity contribution in [1.29, 1.82) is 0 Å². The molecule has 4 rings (SSSR count). The van der Waals surface area contributed by atoms with Gasteiger partial charge in [0.1, 0.15) is 11.2 Å². The number of carbonyl (C=O) groups is 4. The Labute approximate surface area is 224 Å². The highest BCUT2D eigenvalue weighted by atomic mass is 16.6. The van der Waals surface area contributed by atoms with E-state index >= 15 is 0 Å². The third kappa shape index (κ3) is 5.85. The molecule has 0 saturated carbocycles. The van der Waals surface area contributed by atoms with Crippen molar-refractivity contribution < 1.29 is 38.1 Å². The van der Waals surface area contributed by atoms with Crippen LogP contribution >= 0.6 is 0 Å². The molecular formula is C26H42N4O8. The van der Waals surface area contributed by atoms with Crippen LogP contribution in [0.4, 0.5) is 9.59 Å². The lowest BCUT2D eigenvalue weighted by Gasteiger charge is -2.36. The average Bonchev–Trinajstić information content (AvgIpc) is 3.57. The minimum absolute atomic E-state index is 0.341. The second-order valence-electron chi connectivity index (χ2n) is 12.9. The van der Waals surface area contributed by atoms with Gasteiger partial charge in [0.05, 0.1) is 0 Å². The van der Waals surface area contributed by atoms with Gasteiger partial charge in [-0.15, -0.1) is 0 Å². The summed E-state index contributed by atoms with van der Waals surface area (Å²) < 4.78 is 22.5. The maximum absolute atomic E-state index is 13.1. The summed E-state index contributed by atoms with van der Waals surface area (Å²) in [6.45, 7) is 13.8. The Bertz CT molecular complexity index is 868. The lowest BCUT2D eigenvalue weighted by molar-refractivity contribution is -0.189. The number of esters is 2. The highest BCUT2D eigenvalue weighted by Crippen LogP contribution is 2.45. The van der Waals surface area contributed by atoms with Crippen LogP contribution < -0.4 is 10.6 Å². The van der Waals surface area contributed by atoms with Crippen LogP contribution in [0.5, 0.6) is 0 Å². The van der Waals surface area contributed by atoms with Gasteiger partial charge < -0.3 is 29.6 Å². The zero-order chi connectivity index (χ0) is 27.9. The van der Waals surface area contributed by atoms with Crippen LogP contribution in [0.15, 0.2) is 0 Å². The molecule has 0 aromatic carbocycles. The van der Waals surface area contributed by atoms with Crippen LogP contribution in [-0.4, -0.2) is 96.9 Å². The molecule has 4 atom stereocenters. The number of ether oxygens (including phenoxy) is 4. The van der Waals surface area contributed by atoms with Crippen molar-refractivity contribution in [3.8, 4) is 0 Å². The molecule has 4 unspecified atom stereocenters. The Balaban J connectivity index is 1.50. The minimum atomic E-state index is -1.20. The molecule has 12 nitrogen and oxygen atoms in total. The van der Waals surface area contributed by atoms with E-state index in [1.54, 1.807) is 41.5 Å². The smallest absolute Gasteiger partial charge is 0.419 e. The monoisotopic (exact) mass is 538 g/mol. The third-order valence-electron chi connectivity index (χ3n) is 7.73. The predicted octanol–water partition coefficient (Wildman–Crippen LogP) is 1.97. The normalized spacial score (nSPS) is 31.2. The molecule has 4 aliphatic rings. The quantitative estimate of drug-likeness (QED) is 0.305. The second kappa shape index (κ2) is 10.2. The van der Waals surface area contributed by atoms with E-state index in [4.69, 9.17) is 18.9 Å². The molecule has 38 heavy (non-hydrogen) atoms. The lowest BCUT2D eigenvalue weighted by Crippen LogP contribution is -2.51. The fraction of sp³-hybridized carbons (Fsp3) is 0.846. The van der Waals surface area contributed by atoms with Crippen LogP contribution in [0, 0.1) is 10.8 Å². The maximum Gasteiger partial charge on any atom is 0.419 e. The number of nitrogens with zero attached hydrogens (tertiary/aromatic N) is 2. The maximum atomic E-state index is 13.1. The molecular weight excluding hydrogens is 496 g/mol. The Hall–Kier alpha value is -2.60.